The molecule has 0 aliphatic carbocycles. The molecule has 0 aliphatic rings. The number of carboxylic acid groups (broad SMARTS) is 1. The molecular weight excluding hydrogens is 182 g/mol. The van der Waals surface area contributed by atoms with Crippen LogP contribution in [0.4, 0.5) is 0 Å². The zero-order valence-electron chi connectivity index (χ0n) is 9.25. The Morgan fingerprint density at radius 3 is 2.50 bits per heavy atom. The maximum atomic E-state index is 10.8. The van der Waals surface area contributed by atoms with Crippen molar-refractivity contribution >= 4 is 5.97 Å². The van der Waals surface area contributed by atoms with Crippen LogP contribution in [0.5, 0.6) is 0 Å². The minimum absolute atomic E-state index is 0.132. The Morgan fingerprint density at radius 2 is 2.14 bits per heavy atom. The molecule has 0 radical (unpaired) electrons. The van der Waals surface area contributed by atoms with Gasteiger partial charge in [0, 0.05) is 13.2 Å². The van der Waals surface area contributed by atoms with Crippen molar-refractivity contribution in [3.63, 3.8) is 0 Å². The third-order valence-corrected chi connectivity index (χ3v) is 2.17. The van der Waals surface area contributed by atoms with Crippen LogP contribution >= 0.6 is 0 Å². The number of carbonyl (C=O) groups is 1. The molecule has 0 spiro atoms. The molecule has 0 rings (SSSR count). The minimum Gasteiger partial charge on any atom is -0.480 e. The van der Waals surface area contributed by atoms with Crippen LogP contribution in [0.3, 0.4) is 0 Å². The molecule has 2 atom stereocenters. The Labute approximate surface area is 85.6 Å². The Kier molecular flexibility index (Phi) is 7.42. The fourth-order valence-electron chi connectivity index (χ4n) is 1.34. The van der Waals surface area contributed by atoms with E-state index in [1.165, 1.54) is 0 Å². The smallest absolute Gasteiger partial charge is 0.320 e. The molecule has 0 aliphatic heterocycles. The average molecular weight is 203 g/mol. The van der Waals surface area contributed by atoms with Gasteiger partial charge in [-0.25, -0.2) is 0 Å². The highest BCUT2D eigenvalue weighted by molar-refractivity contribution is 5.73. The fraction of sp³-hybridized carbons (Fsp3) is 0.900. The Bertz CT molecular complexity index is 161. The highest BCUT2D eigenvalue weighted by Gasteiger charge is 2.19. The summed E-state index contributed by atoms with van der Waals surface area (Å²) < 4.78 is 5.00. The lowest BCUT2D eigenvalue weighted by Gasteiger charge is -2.21. The second-order valence-electron chi connectivity index (χ2n) is 3.41. The van der Waals surface area contributed by atoms with Crippen molar-refractivity contribution in [3.05, 3.63) is 0 Å². The van der Waals surface area contributed by atoms with E-state index in [1.54, 1.807) is 7.11 Å². The van der Waals surface area contributed by atoms with Crippen LogP contribution < -0.4 is 5.32 Å². The van der Waals surface area contributed by atoms with E-state index in [4.69, 9.17) is 9.84 Å². The van der Waals surface area contributed by atoms with Gasteiger partial charge >= 0.3 is 5.97 Å². The predicted octanol–water partition coefficient (Wildman–Crippen LogP) is 1.25. The minimum atomic E-state index is -0.776. The van der Waals surface area contributed by atoms with E-state index >= 15 is 0 Å². The Balaban J connectivity index is 4.03. The van der Waals surface area contributed by atoms with E-state index in [2.05, 4.69) is 5.32 Å². The highest BCUT2D eigenvalue weighted by Crippen LogP contribution is 2.01. The van der Waals surface area contributed by atoms with Gasteiger partial charge in [0.1, 0.15) is 6.04 Å². The van der Waals surface area contributed by atoms with Crippen molar-refractivity contribution in [2.24, 2.45) is 0 Å². The van der Waals surface area contributed by atoms with Crippen molar-refractivity contribution in [2.45, 2.75) is 45.2 Å². The average Bonchev–Trinajstić information content (AvgIpc) is 2.15. The number of ether oxygens (including phenoxy) is 1. The van der Waals surface area contributed by atoms with Gasteiger partial charge in [-0.1, -0.05) is 20.3 Å². The molecular formula is C10H21NO3. The normalized spacial score (nSPS) is 15.1. The molecule has 2 unspecified atom stereocenters. The number of hydrogen-bond acceptors (Lipinski definition) is 3. The van der Waals surface area contributed by atoms with Gasteiger partial charge in [-0.05, 0) is 12.8 Å². The first-order valence-corrected chi connectivity index (χ1v) is 5.13. The molecule has 0 aromatic heterocycles. The summed E-state index contributed by atoms with van der Waals surface area (Å²) in [6.45, 7) is 4.56. The summed E-state index contributed by atoms with van der Waals surface area (Å²) in [5.74, 6) is -0.776. The van der Waals surface area contributed by atoms with E-state index in [9.17, 15) is 4.79 Å². The Morgan fingerprint density at radius 1 is 1.50 bits per heavy atom. The van der Waals surface area contributed by atoms with E-state index in [1.807, 2.05) is 13.8 Å². The highest BCUT2D eigenvalue weighted by atomic mass is 16.5. The van der Waals surface area contributed by atoms with Gasteiger partial charge in [0.25, 0.3) is 0 Å². The number of methoxy groups -OCH3 is 1. The van der Waals surface area contributed by atoms with Crippen LogP contribution in [0.25, 0.3) is 0 Å². The van der Waals surface area contributed by atoms with Crippen LogP contribution in [0.1, 0.15) is 33.1 Å². The molecule has 0 bridgehead atoms. The third-order valence-electron chi connectivity index (χ3n) is 2.17. The summed E-state index contributed by atoms with van der Waals surface area (Å²) in [6.07, 6.45) is 2.41. The van der Waals surface area contributed by atoms with Gasteiger partial charge in [-0.15, -0.1) is 0 Å². The van der Waals surface area contributed by atoms with Crippen LogP contribution in [0, 0.1) is 0 Å². The summed E-state index contributed by atoms with van der Waals surface area (Å²) in [6, 6.07) is -0.312. The van der Waals surface area contributed by atoms with Gasteiger partial charge in [0.05, 0.1) is 6.61 Å². The van der Waals surface area contributed by atoms with Crippen LogP contribution in [-0.4, -0.2) is 36.9 Å². The zero-order valence-corrected chi connectivity index (χ0v) is 9.25. The lowest BCUT2D eigenvalue weighted by atomic mass is 10.1. The number of hydrogen-bond donors (Lipinski definition) is 2. The summed E-state index contributed by atoms with van der Waals surface area (Å²) >= 11 is 0. The maximum absolute atomic E-state index is 10.8. The van der Waals surface area contributed by atoms with Gasteiger partial charge in [-0.3, -0.25) is 10.1 Å². The second-order valence-corrected chi connectivity index (χ2v) is 3.41. The Hall–Kier alpha value is -0.610. The zero-order chi connectivity index (χ0) is 11.0. The molecule has 0 aromatic carbocycles. The number of nitrogens with one attached hydrogen (secondary N) is 1. The maximum Gasteiger partial charge on any atom is 0.320 e. The van der Waals surface area contributed by atoms with Gasteiger partial charge in [0.2, 0.25) is 0 Å². The number of carboxylic acids is 1. The van der Waals surface area contributed by atoms with Gasteiger partial charge in [-0.2, -0.15) is 0 Å². The standard InChI is InChI=1S/C10H21NO3/c1-4-6-9(10(12)13)11-8(5-2)7-14-3/h8-9,11H,4-7H2,1-3H3,(H,12,13). The predicted molar refractivity (Wildman–Crippen MR) is 55.4 cm³/mol. The third kappa shape index (κ3) is 5.19. The molecule has 0 amide bonds. The molecule has 14 heavy (non-hydrogen) atoms. The summed E-state index contributed by atoms with van der Waals surface area (Å²) in [7, 11) is 1.62. The second kappa shape index (κ2) is 7.76. The molecule has 4 nitrogen and oxygen atoms in total. The first kappa shape index (κ1) is 13.4. The van der Waals surface area contributed by atoms with Crippen molar-refractivity contribution in [1.29, 1.82) is 0 Å². The SMILES string of the molecule is CCCC(NC(CC)COC)C(=O)O. The quantitative estimate of drug-likeness (QED) is 0.623. The number of rotatable bonds is 8. The van der Waals surface area contributed by atoms with Crippen molar-refractivity contribution < 1.29 is 14.6 Å². The summed E-state index contributed by atoms with van der Waals surface area (Å²) in [5.41, 5.74) is 0. The number of aliphatic carboxylic acids is 1. The molecule has 0 fully saturated rings. The van der Waals surface area contributed by atoms with Gasteiger partial charge in [0.15, 0.2) is 0 Å². The largest absolute Gasteiger partial charge is 0.480 e. The van der Waals surface area contributed by atoms with E-state index < -0.39 is 12.0 Å². The van der Waals surface area contributed by atoms with Crippen molar-refractivity contribution in [1.82, 2.24) is 5.32 Å². The van der Waals surface area contributed by atoms with Crippen molar-refractivity contribution in [3.8, 4) is 0 Å². The topological polar surface area (TPSA) is 58.6 Å². The van der Waals surface area contributed by atoms with E-state index in [0.29, 0.717) is 13.0 Å². The van der Waals surface area contributed by atoms with E-state index in [0.717, 1.165) is 12.8 Å². The lowest BCUT2D eigenvalue weighted by Crippen LogP contribution is -2.45. The molecule has 0 aromatic rings. The van der Waals surface area contributed by atoms with Gasteiger partial charge < -0.3 is 9.84 Å². The van der Waals surface area contributed by atoms with E-state index in [-0.39, 0.29) is 6.04 Å². The fourth-order valence-corrected chi connectivity index (χ4v) is 1.34. The van der Waals surface area contributed by atoms with Crippen LogP contribution in [-0.2, 0) is 9.53 Å². The summed E-state index contributed by atoms with van der Waals surface area (Å²) in [4.78, 5) is 10.8. The van der Waals surface area contributed by atoms with Crippen LogP contribution in [0.2, 0.25) is 0 Å². The molecule has 0 saturated heterocycles. The van der Waals surface area contributed by atoms with Crippen LogP contribution in [0.15, 0.2) is 0 Å². The molecule has 2 N–H and O–H groups in total. The van der Waals surface area contributed by atoms with Crippen molar-refractivity contribution in [2.75, 3.05) is 13.7 Å². The lowest BCUT2D eigenvalue weighted by molar-refractivity contribution is -0.140. The first-order valence-electron chi connectivity index (χ1n) is 5.13. The molecule has 0 heterocycles. The monoisotopic (exact) mass is 203 g/mol. The first-order chi connectivity index (χ1) is 6.65. The summed E-state index contributed by atoms with van der Waals surface area (Å²) in [5, 5.41) is 12.0. The molecule has 84 valence electrons. The molecule has 4 heteroatoms. The molecule has 0 saturated carbocycles.